The van der Waals surface area contributed by atoms with E-state index in [4.69, 9.17) is 24.3 Å². The summed E-state index contributed by atoms with van der Waals surface area (Å²) in [5.41, 5.74) is 5.37. The maximum Gasteiger partial charge on any atom is 0.472 e. The molecule has 2 atom stereocenters. The second-order valence-electron chi connectivity index (χ2n) is 17.3. The third-order valence-corrected chi connectivity index (χ3v) is 11.9. The molecule has 3 N–H and O–H groups in total. The summed E-state index contributed by atoms with van der Waals surface area (Å²) in [6.07, 6.45) is 68.7. The van der Waals surface area contributed by atoms with Gasteiger partial charge < -0.3 is 20.1 Å². The molecule has 9 nitrogen and oxygen atoms in total. The fourth-order valence-corrected chi connectivity index (χ4v) is 7.85. The lowest BCUT2D eigenvalue weighted by Gasteiger charge is -2.19. The van der Waals surface area contributed by atoms with Crippen LogP contribution in [0, 0.1) is 0 Å². The van der Waals surface area contributed by atoms with E-state index in [9.17, 15) is 19.0 Å². The molecule has 0 saturated carbocycles. The van der Waals surface area contributed by atoms with E-state index in [1.165, 1.54) is 83.5 Å². The van der Waals surface area contributed by atoms with Crippen molar-refractivity contribution in [2.45, 2.75) is 225 Å². The molecule has 10 heteroatoms. The summed E-state index contributed by atoms with van der Waals surface area (Å²) in [5.74, 6) is -0.842. The Kier molecular flexibility index (Phi) is 49.9. The summed E-state index contributed by atoms with van der Waals surface area (Å²) >= 11 is 0. The topological polar surface area (TPSA) is 134 Å². The fourth-order valence-electron chi connectivity index (χ4n) is 7.09. The zero-order chi connectivity index (χ0) is 48.8. The van der Waals surface area contributed by atoms with Crippen LogP contribution in [-0.2, 0) is 32.7 Å². The van der Waals surface area contributed by atoms with E-state index >= 15 is 0 Å². The highest BCUT2D eigenvalue weighted by Crippen LogP contribution is 2.43. The van der Waals surface area contributed by atoms with Gasteiger partial charge in [-0.2, -0.15) is 0 Å². The molecule has 0 saturated heterocycles. The zero-order valence-corrected chi connectivity index (χ0v) is 43.5. The van der Waals surface area contributed by atoms with E-state index in [1.54, 1.807) is 0 Å². The van der Waals surface area contributed by atoms with Gasteiger partial charge in [0.25, 0.3) is 0 Å². The second-order valence-corrected chi connectivity index (χ2v) is 18.8. The Balaban J connectivity index is 4.05. The minimum Gasteiger partial charge on any atom is -0.462 e. The molecule has 0 fully saturated rings. The number of ether oxygens (including phenoxy) is 2. The lowest BCUT2D eigenvalue weighted by molar-refractivity contribution is -0.161. The third kappa shape index (κ3) is 52.2. The molecule has 2 unspecified atom stereocenters. The van der Waals surface area contributed by atoms with Crippen LogP contribution in [0.2, 0.25) is 0 Å². The van der Waals surface area contributed by atoms with Gasteiger partial charge in [-0.05, 0) is 89.9 Å². The van der Waals surface area contributed by atoms with Crippen molar-refractivity contribution < 1.29 is 37.6 Å². The van der Waals surface area contributed by atoms with Gasteiger partial charge in [0.2, 0.25) is 0 Å². The Hall–Kier alpha value is -3.07. The van der Waals surface area contributed by atoms with Crippen molar-refractivity contribution in [3.05, 3.63) is 97.2 Å². The Bertz CT molecular complexity index is 1410. The highest BCUT2D eigenvalue weighted by molar-refractivity contribution is 7.47. The fraction of sp³-hybridized carbons (Fsp3) is 0.684. The van der Waals surface area contributed by atoms with E-state index in [2.05, 4.69) is 111 Å². The molecule has 0 aromatic carbocycles. The molecular weight excluding hydrogens is 858 g/mol. The minimum absolute atomic E-state index is 0.0474. The molecular formula is C57H98NO8P. The predicted octanol–water partition coefficient (Wildman–Crippen LogP) is 16.5. The van der Waals surface area contributed by atoms with Gasteiger partial charge >= 0.3 is 19.8 Å². The number of phosphoric ester groups is 1. The molecule has 0 rings (SSSR count). The number of hydrogen-bond acceptors (Lipinski definition) is 8. The second kappa shape index (κ2) is 52.3. The largest absolute Gasteiger partial charge is 0.472 e. The first-order valence-corrected chi connectivity index (χ1v) is 28.2. The summed E-state index contributed by atoms with van der Waals surface area (Å²) in [6, 6.07) is 0. The highest BCUT2D eigenvalue weighted by atomic mass is 31.2. The maximum absolute atomic E-state index is 12.7. The molecule has 0 aromatic rings. The molecule has 0 heterocycles. The molecule has 384 valence electrons. The zero-order valence-electron chi connectivity index (χ0n) is 42.6. The van der Waals surface area contributed by atoms with E-state index in [-0.39, 0.29) is 32.6 Å². The molecule has 0 aromatic heterocycles. The monoisotopic (exact) mass is 956 g/mol. The standard InChI is InChI=1S/C57H98NO8P/c1-3-5-7-9-11-13-15-17-19-21-23-25-26-27-28-30-32-34-36-38-40-42-44-46-48-50-57(60)66-55(54-65-67(61,62)64-52-51-58)53-63-56(59)49-47-45-43-41-39-37-35-33-31-29-24-22-20-18-16-14-12-10-8-6-4-2/h5-8,11-14,17-20,23-25,29,55H,3-4,9-10,15-16,21-22,26-28,30-54,58H2,1-2H3,(H,61,62)/b7-5-,8-6-,13-11-,14-12-,19-17-,20-18-,25-23-,29-24-. The van der Waals surface area contributed by atoms with Crippen molar-refractivity contribution in [3.8, 4) is 0 Å². The minimum atomic E-state index is -4.39. The van der Waals surface area contributed by atoms with Crippen LogP contribution in [0.4, 0.5) is 0 Å². The molecule has 0 radical (unpaired) electrons. The number of nitrogens with two attached hydrogens (primary N) is 1. The molecule has 0 bridgehead atoms. The first-order chi connectivity index (χ1) is 32.8. The number of unbranched alkanes of at least 4 members (excludes halogenated alkanes) is 20. The first kappa shape index (κ1) is 63.9. The van der Waals surface area contributed by atoms with Crippen LogP contribution < -0.4 is 5.73 Å². The van der Waals surface area contributed by atoms with Crippen molar-refractivity contribution in [2.75, 3.05) is 26.4 Å². The van der Waals surface area contributed by atoms with Gasteiger partial charge in [0.05, 0.1) is 13.2 Å². The van der Waals surface area contributed by atoms with Crippen LogP contribution in [0.25, 0.3) is 0 Å². The molecule has 0 spiro atoms. The van der Waals surface area contributed by atoms with Crippen LogP contribution in [0.3, 0.4) is 0 Å². The van der Waals surface area contributed by atoms with E-state index < -0.39 is 32.5 Å². The number of rotatable bonds is 49. The van der Waals surface area contributed by atoms with Crippen LogP contribution >= 0.6 is 7.82 Å². The van der Waals surface area contributed by atoms with Crippen LogP contribution in [0.15, 0.2) is 97.2 Å². The average molecular weight is 956 g/mol. The number of carbonyl (C=O) groups excluding carboxylic acids is 2. The molecule has 0 aliphatic carbocycles. The number of carbonyl (C=O) groups is 2. The number of esters is 2. The van der Waals surface area contributed by atoms with Crippen molar-refractivity contribution in [1.82, 2.24) is 0 Å². The number of phosphoric acid groups is 1. The predicted molar refractivity (Wildman–Crippen MR) is 284 cm³/mol. The Morgan fingerprint density at radius 1 is 0.448 bits per heavy atom. The summed E-state index contributed by atoms with van der Waals surface area (Å²) in [5, 5.41) is 0. The first-order valence-electron chi connectivity index (χ1n) is 26.7. The Morgan fingerprint density at radius 3 is 1.15 bits per heavy atom. The quantitative estimate of drug-likeness (QED) is 0.0264. The molecule has 0 aliphatic heterocycles. The average Bonchev–Trinajstić information content (AvgIpc) is 3.32. The number of allylic oxidation sites excluding steroid dienone is 16. The van der Waals surface area contributed by atoms with Gasteiger partial charge in [0, 0.05) is 19.4 Å². The van der Waals surface area contributed by atoms with Crippen LogP contribution in [0.5, 0.6) is 0 Å². The Morgan fingerprint density at radius 2 is 0.776 bits per heavy atom. The van der Waals surface area contributed by atoms with Crippen molar-refractivity contribution in [2.24, 2.45) is 5.73 Å². The van der Waals surface area contributed by atoms with Gasteiger partial charge in [-0.15, -0.1) is 0 Å². The van der Waals surface area contributed by atoms with Gasteiger partial charge in [0.15, 0.2) is 6.10 Å². The maximum atomic E-state index is 12.7. The van der Waals surface area contributed by atoms with Crippen molar-refractivity contribution in [3.63, 3.8) is 0 Å². The number of hydrogen-bond donors (Lipinski definition) is 2. The Labute approximate surface area is 410 Å². The van der Waals surface area contributed by atoms with Gasteiger partial charge in [-0.1, -0.05) is 214 Å². The van der Waals surface area contributed by atoms with Crippen molar-refractivity contribution >= 4 is 19.8 Å². The van der Waals surface area contributed by atoms with E-state index in [1.807, 2.05) is 0 Å². The molecule has 67 heavy (non-hydrogen) atoms. The molecule has 0 amide bonds. The smallest absolute Gasteiger partial charge is 0.462 e. The van der Waals surface area contributed by atoms with Gasteiger partial charge in [-0.25, -0.2) is 4.57 Å². The molecule has 0 aliphatic rings. The summed E-state index contributed by atoms with van der Waals surface area (Å²) in [4.78, 5) is 35.1. The lowest BCUT2D eigenvalue weighted by Crippen LogP contribution is -2.29. The normalized spacial score (nSPS) is 13.9. The summed E-state index contributed by atoms with van der Waals surface area (Å²) in [6.45, 7) is 3.51. The highest BCUT2D eigenvalue weighted by Gasteiger charge is 2.26. The summed E-state index contributed by atoms with van der Waals surface area (Å²) < 4.78 is 33.0. The lowest BCUT2D eigenvalue weighted by atomic mass is 10.0. The third-order valence-electron chi connectivity index (χ3n) is 11.0. The van der Waals surface area contributed by atoms with Crippen LogP contribution in [-0.4, -0.2) is 49.3 Å². The van der Waals surface area contributed by atoms with Gasteiger partial charge in [-0.3, -0.25) is 18.6 Å². The van der Waals surface area contributed by atoms with Crippen molar-refractivity contribution in [1.29, 1.82) is 0 Å². The van der Waals surface area contributed by atoms with E-state index in [0.717, 1.165) is 103 Å². The van der Waals surface area contributed by atoms with Crippen LogP contribution in [0.1, 0.15) is 219 Å². The van der Waals surface area contributed by atoms with E-state index in [0.29, 0.717) is 6.42 Å². The summed E-state index contributed by atoms with van der Waals surface area (Å²) in [7, 11) is -4.39. The SMILES string of the molecule is CC/C=C\C/C=C\C/C=C\C/C=C\CCCCCCCCCCCCCCC(=O)OC(COC(=O)CCCCCCCCCC/C=C\C/C=C\C/C=C\C/C=C\CC)COP(=O)(O)OCCN. The van der Waals surface area contributed by atoms with Gasteiger partial charge in [0.1, 0.15) is 6.61 Å².